The molecule has 10 nitrogen and oxygen atoms in total. The van der Waals surface area contributed by atoms with Crippen LogP contribution in [0.4, 0.5) is 5.69 Å². The molecule has 4 rings (SSSR count). The molecule has 216 valence electrons. The molecule has 1 aromatic heterocycles. The molecule has 0 fully saturated rings. The van der Waals surface area contributed by atoms with Crippen molar-refractivity contribution in [1.82, 2.24) is 9.55 Å². The Morgan fingerprint density at radius 2 is 1.78 bits per heavy atom. The zero-order valence-electron chi connectivity index (χ0n) is 22.6. The quantitative estimate of drug-likeness (QED) is 0.186. The van der Waals surface area contributed by atoms with Crippen LogP contribution in [0.5, 0.6) is 11.5 Å². The zero-order valence-corrected chi connectivity index (χ0v) is 25.0. The van der Waals surface area contributed by atoms with Gasteiger partial charge in [-0.2, -0.15) is 0 Å². The van der Waals surface area contributed by atoms with Gasteiger partial charge in [0.05, 0.1) is 35.3 Å². The van der Waals surface area contributed by atoms with Crippen molar-refractivity contribution < 1.29 is 22.7 Å². The number of hydrogen-bond donors (Lipinski definition) is 2. The van der Waals surface area contributed by atoms with E-state index in [1.165, 1.54) is 42.7 Å². The van der Waals surface area contributed by atoms with Crippen molar-refractivity contribution >= 4 is 55.9 Å². The molecule has 0 radical (unpaired) electrons. The van der Waals surface area contributed by atoms with Crippen LogP contribution >= 0.6 is 23.4 Å². The number of hydrogen-bond acceptors (Lipinski definition) is 8. The summed E-state index contributed by atoms with van der Waals surface area (Å²) in [5, 5.41) is 8.69. The lowest BCUT2D eigenvalue weighted by atomic mass is 10.1. The number of methoxy groups -OCH3 is 2. The van der Waals surface area contributed by atoms with Crippen LogP contribution in [-0.2, 0) is 27.8 Å². The fraction of sp³-hybridized carbons (Fsp3) is 0.250. The summed E-state index contributed by atoms with van der Waals surface area (Å²) in [5.41, 5.74) is 1.43. The van der Waals surface area contributed by atoms with Gasteiger partial charge < -0.3 is 14.8 Å². The molecule has 1 atom stereocenters. The third-order valence-corrected chi connectivity index (χ3v) is 8.82. The van der Waals surface area contributed by atoms with Gasteiger partial charge in [-0.05, 0) is 54.8 Å². The van der Waals surface area contributed by atoms with Gasteiger partial charge in [-0.25, -0.2) is 18.5 Å². The first-order valence-electron chi connectivity index (χ1n) is 12.6. The maximum absolute atomic E-state index is 13.8. The molecule has 0 aliphatic carbocycles. The number of carbonyl (C=O) groups is 1. The van der Waals surface area contributed by atoms with E-state index in [1.54, 1.807) is 48.5 Å². The second-order valence-electron chi connectivity index (χ2n) is 9.03. The fourth-order valence-corrected chi connectivity index (χ4v) is 5.89. The number of anilines is 1. The van der Waals surface area contributed by atoms with Gasteiger partial charge >= 0.3 is 0 Å². The number of amides is 1. The number of rotatable bonds is 11. The molecule has 0 spiro atoms. The van der Waals surface area contributed by atoms with Crippen molar-refractivity contribution in [3.05, 3.63) is 81.6 Å². The number of nitrogens with zero attached hydrogens (tertiary/aromatic N) is 2. The molecular formula is C28H29ClN4O6S2. The third kappa shape index (κ3) is 7.20. The Morgan fingerprint density at radius 1 is 1.10 bits per heavy atom. The number of carbonyl (C=O) groups excluding carboxylic acids is 1. The highest BCUT2D eigenvalue weighted by atomic mass is 35.5. The minimum Gasteiger partial charge on any atom is -0.493 e. The van der Waals surface area contributed by atoms with Crippen molar-refractivity contribution in [2.75, 3.05) is 19.5 Å². The summed E-state index contributed by atoms with van der Waals surface area (Å²) < 4.78 is 35.5. The summed E-state index contributed by atoms with van der Waals surface area (Å²) >= 11 is 7.25. The van der Waals surface area contributed by atoms with Crippen molar-refractivity contribution in [2.24, 2.45) is 5.14 Å². The largest absolute Gasteiger partial charge is 0.493 e. The van der Waals surface area contributed by atoms with Gasteiger partial charge in [0, 0.05) is 23.3 Å². The van der Waals surface area contributed by atoms with Crippen LogP contribution in [0.25, 0.3) is 10.9 Å². The minimum atomic E-state index is -3.82. The Labute approximate surface area is 246 Å². The number of nitrogens with one attached hydrogen (secondary N) is 1. The van der Waals surface area contributed by atoms with E-state index in [4.69, 9.17) is 31.2 Å². The van der Waals surface area contributed by atoms with Crippen molar-refractivity contribution in [3.8, 4) is 11.5 Å². The lowest BCUT2D eigenvalue weighted by Crippen LogP contribution is -2.28. The average Bonchev–Trinajstić information content (AvgIpc) is 2.94. The molecule has 1 heterocycles. The first-order valence-corrected chi connectivity index (χ1v) is 15.4. The Kier molecular flexibility index (Phi) is 9.59. The molecule has 0 bridgehead atoms. The number of ether oxygens (including phenoxy) is 2. The fourth-order valence-electron chi connectivity index (χ4n) is 4.14. The van der Waals surface area contributed by atoms with Crippen molar-refractivity contribution in [2.45, 2.75) is 41.6 Å². The van der Waals surface area contributed by atoms with Crippen LogP contribution in [-0.4, -0.2) is 43.3 Å². The molecule has 1 amide bonds. The molecule has 0 aliphatic rings. The van der Waals surface area contributed by atoms with Crippen LogP contribution in [0.15, 0.2) is 75.5 Å². The molecule has 4 aromatic rings. The highest BCUT2D eigenvalue weighted by molar-refractivity contribution is 8.00. The molecule has 0 saturated heterocycles. The van der Waals surface area contributed by atoms with Gasteiger partial charge in [0.1, 0.15) is 0 Å². The summed E-state index contributed by atoms with van der Waals surface area (Å²) in [6.07, 6.45) is 0.857. The van der Waals surface area contributed by atoms with E-state index >= 15 is 0 Å². The predicted molar refractivity (Wildman–Crippen MR) is 161 cm³/mol. The van der Waals surface area contributed by atoms with E-state index in [0.29, 0.717) is 51.1 Å². The molecule has 0 saturated carbocycles. The number of benzene rings is 3. The summed E-state index contributed by atoms with van der Waals surface area (Å²) in [5.74, 6) is 0.546. The molecule has 0 unspecified atom stereocenters. The maximum atomic E-state index is 13.8. The third-order valence-electron chi connectivity index (χ3n) is 6.30. The van der Waals surface area contributed by atoms with E-state index in [2.05, 4.69) is 5.32 Å². The van der Waals surface area contributed by atoms with Crippen LogP contribution in [0.2, 0.25) is 5.02 Å². The maximum Gasteiger partial charge on any atom is 0.262 e. The molecule has 3 aromatic carbocycles. The smallest absolute Gasteiger partial charge is 0.262 e. The molecule has 3 N–H and O–H groups in total. The summed E-state index contributed by atoms with van der Waals surface area (Å²) in [7, 11) is -0.846. The Hall–Kier alpha value is -3.58. The molecular weight excluding hydrogens is 588 g/mol. The monoisotopic (exact) mass is 616 g/mol. The van der Waals surface area contributed by atoms with Gasteiger partial charge in [-0.15, -0.1) is 0 Å². The second kappa shape index (κ2) is 12.9. The SMILES string of the molecule is CC[C@H](Sc1nc2cc(OC)c(OC)cc2c(=O)n1CCc1ccc(S(N)(=O)=O)cc1)C(=O)Nc1cccc(Cl)c1. The molecule has 0 aliphatic heterocycles. The Bertz CT molecular complexity index is 1740. The highest BCUT2D eigenvalue weighted by Gasteiger charge is 2.23. The summed E-state index contributed by atoms with van der Waals surface area (Å²) in [6.45, 7) is 2.10. The van der Waals surface area contributed by atoms with Crippen molar-refractivity contribution in [1.29, 1.82) is 0 Å². The van der Waals surface area contributed by atoms with Crippen LogP contribution in [0.3, 0.4) is 0 Å². The van der Waals surface area contributed by atoms with E-state index < -0.39 is 15.3 Å². The number of nitrogens with two attached hydrogens (primary N) is 1. The second-order valence-corrected chi connectivity index (χ2v) is 12.2. The van der Waals surface area contributed by atoms with Gasteiger partial charge in [0.15, 0.2) is 16.7 Å². The van der Waals surface area contributed by atoms with E-state index in [9.17, 15) is 18.0 Å². The van der Waals surface area contributed by atoms with Crippen molar-refractivity contribution in [3.63, 3.8) is 0 Å². The minimum absolute atomic E-state index is 0.000390. The lowest BCUT2D eigenvalue weighted by Gasteiger charge is -2.19. The first kappa shape index (κ1) is 30.4. The van der Waals surface area contributed by atoms with Gasteiger partial charge in [-0.1, -0.05) is 48.5 Å². The van der Waals surface area contributed by atoms with Gasteiger partial charge in [0.25, 0.3) is 5.56 Å². The summed E-state index contributed by atoms with van der Waals surface area (Å²) in [6, 6.07) is 16.2. The van der Waals surface area contributed by atoms with E-state index in [0.717, 1.165) is 5.56 Å². The van der Waals surface area contributed by atoms with Gasteiger partial charge in [0.2, 0.25) is 15.9 Å². The number of aromatic nitrogens is 2. The normalized spacial score (nSPS) is 12.2. The Balaban J connectivity index is 1.72. The average molecular weight is 617 g/mol. The molecule has 41 heavy (non-hydrogen) atoms. The number of sulfonamides is 1. The topological polar surface area (TPSA) is 143 Å². The lowest BCUT2D eigenvalue weighted by molar-refractivity contribution is -0.115. The van der Waals surface area contributed by atoms with Crippen LogP contribution in [0, 0.1) is 0 Å². The molecule has 13 heteroatoms. The number of fused-ring (bicyclic) bond motifs is 1. The zero-order chi connectivity index (χ0) is 29.7. The highest BCUT2D eigenvalue weighted by Crippen LogP contribution is 2.32. The van der Waals surface area contributed by atoms with E-state index in [1.807, 2.05) is 6.92 Å². The van der Waals surface area contributed by atoms with E-state index in [-0.39, 0.29) is 22.9 Å². The predicted octanol–water partition coefficient (Wildman–Crippen LogP) is 4.47. The number of primary sulfonamides is 1. The summed E-state index contributed by atoms with van der Waals surface area (Å²) in [4.78, 5) is 31.8. The number of halogens is 1. The Morgan fingerprint density at radius 3 is 2.39 bits per heavy atom. The van der Waals surface area contributed by atoms with Crippen LogP contribution < -0.4 is 25.5 Å². The van der Waals surface area contributed by atoms with Crippen LogP contribution in [0.1, 0.15) is 18.9 Å². The first-order chi connectivity index (χ1) is 19.5. The number of thioether (sulfide) groups is 1. The number of aryl methyl sites for hydroxylation is 1. The standard InChI is InChI=1S/C28H29ClN4O6S2/c1-4-25(26(34)31-19-7-5-6-18(29)14-19)40-28-32-22-16-24(39-3)23(38-2)15-21(22)27(35)33(28)13-12-17-8-10-20(11-9-17)41(30,36)37/h5-11,14-16,25H,4,12-13H2,1-3H3,(H,31,34)(H2,30,36,37)/t25-/m0/s1. The van der Waals surface area contributed by atoms with Gasteiger partial charge in [-0.3, -0.25) is 14.2 Å².